The van der Waals surface area contributed by atoms with E-state index in [1.165, 1.54) is 11.1 Å². The third kappa shape index (κ3) is 9.17. The molecular formula is C64H62N4OPt-2. The summed E-state index contributed by atoms with van der Waals surface area (Å²) in [5.74, 6) is 1.84. The number of para-hydroxylation sites is 1. The smallest absolute Gasteiger partial charge is 0.268 e. The molecule has 0 fully saturated rings. The largest absolute Gasteiger partial charge is 0.510 e. The zero-order valence-corrected chi connectivity index (χ0v) is 44.4. The number of pyridine rings is 1. The second-order valence-corrected chi connectivity index (χ2v) is 22.3. The molecule has 0 N–H and O–H groups in total. The van der Waals surface area contributed by atoms with Crippen molar-refractivity contribution in [3.8, 4) is 50.9 Å². The van der Waals surface area contributed by atoms with Crippen LogP contribution in [0.1, 0.15) is 112 Å². The van der Waals surface area contributed by atoms with E-state index in [1.54, 1.807) is 0 Å². The van der Waals surface area contributed by atoms with Crippen LogP contribution in [0.25, 0.3) is 72.3 Å². The monoisotopic (exact) mass is 1100 g/mol. The molecular weight excluding hydrogens is 1040 g/mol. The number of ether oxygens (including phenoxy) is 1. The van der Waals surface area contributed by atoms with Gasteiger partial charge in [-0.25, -0.2) is 4.98 Å². The predicted molar refractivity (Wildman–Crippen MR) is 286 cm³/mol. The Morgan fingerprint density at radius 2 is 1.20 bits per heavy atom. The molecule has 0 bridgehead atoms. The molecule has 0 amide bonds. The van der Waals surface area contributed by atoms with E-state index in [9.17, 15) is 0 Å². The van der Waals surface area contributed by atoms with Crippen LogP contribution < -0.4 is 9.30 Å². The fourth-order valence-corrected chi connectivity index (χ4v) is 9.28. The summed E-state index contributed by atoms with van der Waals surface area (Å²) in [6.07, 6.45) is 5.68. The Hall–Kier alpha value is -6.55. The van der Waals surface area contributed by atoms with Crippen LogP contribution in [0.2, 0.25) is 0 Å². The van der Waals surface area contributed by atoms with Crippen molar-refractivity contribution < 1.29 is 37.2 Å². The fraction of sp³-hybridized carbons (Fsp3) is 0.250. The normalized spacial score (nSPS) is 13.5. The molecule has 0 aliphatic heterocycles. The maximum absolute atomic E-state index is 8.99. The molecule has 0 aliphatic carbocycles. The average Bonchev–Trinajstić information content (AvgIpc) is 3.89. The SMILES string of the molecule is [2H]c1c([2H])c([2H])c(-c2cc(C(C)(C)C)c(-[n+]3[c-]n(-c4[c-]c(Oc5[c-]c6c(cc5)c5ccccc5n6-c5cc(C(C)(C)C)ccn5)ccc4)c4cc(-c5ccc(C(C)(C)C)cc5)ccc43)c(C(C)(C)C)c2)c([2H])c1[2H].[Pt]. The van der Waals surface area contributed by atoms with Crippen molar-refractivity contribution in [2.45, 2.75) is 105 Å². The quantitative estimate of drug-likeness (QED) is 0.118. The number of rotatable bonds is 7. The first-order chi connectivity index (χ1) is 34.8. The van der Waals surface area contributed by atoms with Crippen LogP contribution in [0, 0.1) is 18.5 Å². The zero-order valence-electron chi connectivity index (χ0n) is 47.1. The number of nitrogens with zero attached hydrogens (tertiary/aromatic N) is 4. The third-order valence-corrected chi connectivity index (χ3v) is 13.1. The molecule has 0 spiro atoms. The molecule has 70 heavy (non-hydrogen) atoms. The topological polar surface area (TPSA) is 35.9 Å². The van der Waals surface area contributed by atoms with Crippen LogP contribution in [0.4, 0.5) is 0 Å². The second-order valence-electron chi connectivity index (χ2n) is 22.3. The zero-order chi connectivity index (χ0) is 53.0. The summed E-state index contributed by atoms with van der Waals surface area (Å²) in [4.78, 5) is 4.87. The molecule has 0 saturated carbocycles. The molecule has 356 valence electrons. The first-order valence-electron chi connectivity index (χ1n) is 26.3. The van der Waals surface area contributed by atoms with E-state index in [1.807, 2.05) is 53.2 Å². The summed E-state index contributed by atoms with van der Waals surface area (Å²) in [5, 5.41) is 2.14. The molecule has 5 nitrogen and oxygen atoms in total. The van der Waals surface area contributed by atoms with E-state index in [0.29, 0.717) is 22.7 Å². The van der Waals surface area contributed by atoms with E-state index in [-0.39, 0.29) is 61.6 Å². The summed E-state index contributed by atoms with van der Waals surface area (Å²) >= 11 is 0. The van der Waals surface area contributed by atoms with Crippen molar-refractivity contribution in [3.05, 3.63) is 198 Å². The van der Waals surface area contributed by atoms with Crippen molar-refractivity contribution in [2.75, 3.05) is 0 Å². The van der Waals surface area contributed by atoms with Crippen molar-refractivity contribution >= 4 is 32.8 Å². The van der Waals surface area contributed by atoms with Gasteiger partial charge in [0.05, 0.1) is 23.6 Å². The Bertz CT molecular complexity index is 3800. The first kappa shape index (κ1) is 42.3. The summed E-state index contributed by atoms with van der Waals surface area (Å²) in [7, 11) is 0. The van der Waals surface area contributed by atoms with Crippen LogP contribution >= 0.6 is 0 Å². The number of hydrogen-bond acceptors (Lipinski definition) is 2. The van der Waals surface area contributed by atoms with Gasteiger partial charge in [-0.2, -0.15) is 18.2 Å². The second kappa shape index (κ2) is 18.0. The number of hydrogen-bond donors (Lipinski definition) is 0. The Morgan fingerprint density at radius 1 is 0.543 bits per heavy atom. The van der Waals surface area contributed by atoms with Gasteiger partial charge in [0.15, 0.2) is 0 Å². The van der Waals surface area contributed by atoms with E-state index < -0.39 is 16.9 Å². The molecule has 10 aromatic rings. The van der Waals surface area contributed by atoms with Crippen molar-refractivity contribution in [3.63, 3.8) is 0 Å². The minimum Gasteiger partial charge on any atom is -0.510 e. The summed E-state index contributed by atoms with van der Waals surface area (Å²) in [6, 6.07) is 47.4. The van der Waals surface area contributed by atoms with Gasteiger partial charge in [0.1, 0.15) is 5.82 Å². The standard InChI is InChI=1S/C64H62N4O.Pt/c1-61(2,3)46-28-25-43(26-29-46)44-27-32-56-58(37-44)66(41-67(56)60-53(63(7,8)9)35-45(36-54(60)64(10,11)12)42-19-14-13-15-20-42)48-21-18-22-49(39-48)69-50-30-31-52-51-23-16-17-24-55(51)68(57(52)40-50)59-38-47(33-34-65-59)62(4,5)6;/h13-38H,1-12H3;/q-2;/i13D,14D,15D,19D,20D;. The number of aromatic nitrogens is 4. The molecule has 0 radical (unpaired) electrons. The van der Waals surface area contributed by atoms with Gasteiger partial charge < -0.3 is 13.9 Å². The van der Waals surface area contributed by atoms with E-state index in [0.717, 1.165) is 66.6 Å². The van der Waals surface area contributed by atoms with E-state index >= 15 is 0 Å². The summed E-state index contributed by atoms with van der Waals surface area (Å²) in [5.41, 5.74) is 11.4. The van der Waals surface area contributed by atoms with Crippen LogP contribution in [-0.4, -0.2) is 14.1 Å². The van der Waals surface area contributed by atoms with Crippen molar-refractivity contribution in [1.29, 1.82) is 0 Å². The Balaban J connectivity index is 0.00000689. The predicted octanol–water partition coefficient (Wildman–Crippen LogP) is 16.1. The Morgan fingerprint density at radius 3 is 1.87 bits per heavy atom. The van der Waals surface area contributed by atoms with Crippen molar-refractivity contribution in [1.82, 2.24) is 14.1 Å². The van der Waals surface area contributed by atoms with Gasteiger partial charge >= 0.3 is 0 Å². The summed E-state index contributed by atoms with van der Waals surface area (Å²) < 4.78 is 56.5. The number of imidazole rings is 1. The molecule has 10 rings (SSSR count). The Kier molecular flexibility index (Phi) is 10.9. The van der Waals surface area contributed by atoms with Gasteiger partial charge in [0, 0.05) is 44.3 Å². The maximum Gasteiger partial charge on any atom is 0.268 e. The average molecular weight is 1100 g/mol. The van der Waals surface area contributed by atoms with E-state index in [2.05, 4.69) is 190 Å². The van der Waals surface area contributed by atoms with Gasteiger partial charge in [0.25, 0.3) is 6.33 Å². The minimum absolute atomic E-state index is 0. The fourth-order valence-electron chi connectivity index (χ4n) is 9.28. The van der Waals surface area contributed by atoms with Gasteiger partial charge in [-0.05, 0) is 102 Å². The number of benzene rings is 7. The maximum atomic E-state index is 8.99. The molecule has 3 heterocycles. The van der Waals surface area contributed by atoms with Gasteiger partial charge in [-0.15, -0.1) is 29.7 Å². The molecule has 3 aromatic heterocycles. The molecule has 0 aliphatic rings. The van der Waals surface area contributed by atoms with Gasteiger partial charge in [-0.3, -0.25) is 4.57 Å². The van der Waals surface area contributed by atoms with Crippen LogP contribution in [0.3, 0.4) is 0 Å². The van der Waals surface area contributed by atoms with Gasteiger partial charge in [0.2, 0.25) is 0 Å². The molecule has 0 unspecified atom stereocenters. The van der Waals surface area contributed by atoms with Crippen LogP contribution in [-0.2, 0) is 42.7 Å². The molecule has 6 heteroatoms. The molecule has 0 atom stereocenters. The molecule has 0 saturated heterocycles. The van der Waals surface area contributed by atoms with Gasteiger partial charge in [-0.1, -0.05) is 186 Å². The minimum atomic E-state index is -0.475. The Labute approximate surface area is 436 Å². The van der Waals surface area contributed by atoms with E-state index in [4.69, 9.17) is 16.6 Å². The number of fused-ring (bicyclic) bond motifs is 4. The van der Waals surface area contributed by atoms with Crippen LogP contribution in [0.15, 0.2) is 158 Å². The molecule has 7 aromatic carbocycles. The van der Waals surface area contributed by atoms with Crippen LogP contribution in [0.5, 0.6) is 11.5 Å². The van der Waals surface area contributed by atoms with Crippen molar-refractivity contribution in [2.24, 2.45) is 0 Å². The third-order valence-electron chi connectivity index (χ3n) is 13.1. The summed E-state index contributed by atoms with van der Waals surface area (Å²) in [6.45, 7) is 26.1. The first-order valence-corrected chi connectivity index (χ1v) is 23.8.